The first-order valence-electron chi connectivity index (χ1n) is 6.82. The number of hydrazine groups is 1. The van der Waals surface area contributed by atoms with E-state index >= 15 is 0 Å². The summed E-state index contributed by atoms with van der Waals surface area (Å²) in [6.07, 6.45) is 2.66. The molecule has 0 bridgehead atoms. The maximum absolute atomic E-state index is 5.78. The Morgan fingerprint density at radius 3 is 2.57 bits per heavy atom. The van der Waals surface area contributed by atoms with Crippen LogP contribution in [0, 0.1) is 3.57 Å². The van der Waals surface area contributed by atoms with Crippen molar-refractivity contribution in [2.75, 3.05) is 0 Å². The number of rotatable bonds is 4. The fourth-order valence-electron chi connectivity index (χ4n) is 2.51. The van der Waals surface area contributed by atoms with E-state index in [1.807, 2.05) is 24.4 Å². The molecule has 1 heterocycles. The normalized spacial score (nSPS) is 12.5. The lowest BCUT2D eigenvalue weighted by Gasteiger charge is -2.17. The van der Waals surface area contributed by atoms with Gasteiger partial charge in [-0.1, -0.05) is 36.4 Å². The SMILES string of the molecule is NNC(Cc1ccc(I)cc1)c1nccc2ccccc12. The van der Waals surface area contributed by atoms with Gasteiger partial charge in [-0.05, 0) is 58.2 Å². The predicted molar refractivity (Wildman–Crippen MR) is 94.7 cm³/mol. The van der Waals surface area contributed by atoms with E-state index in [2.05, 4.69) is 69.4 Å². The van der Waals surface area contributed by atoms with Crippen molar-refractivity contribution >= 4 is 33.4 Å². The molecule has 0 radical (unpaired) electrons. The molecule has 106 valence electrons. The fraction of sp³-hybridized carbons (Fsp3) is 0.118. The maximum atomic E-state index is 5.78. The third-order valence-corrected chi connectivity index (χ3v) is 4.31. The Bertz CT molecular complexity index is 735. The van der Waals surface area contributed by atoms with E-state index < -0.39 is 0 Å². The predicted octanol–water partition coefficient (Wildman–Crippen LogP) is 3.59. The van der Waals surface area contributed by atoms with Crippen LogP contribution in [0.1, 0.15) is 17.3 Å². The van der Waals surface area contributed by atoms with E-state index in [0.29, 0.717) is 0 Å². The summed E-state index contributed by atoms with van der Waals surface area (Å²) >= 11 is 2.31. The lowest BCUT2D eigenvalue weighted by atomic mass is 9.99. The van der Waals surface area contributed by atoms with E-state index in [9.17, 15) is 0 Å². The smallest absolute Gasteiger partial charge is 0.0678 e. The monoisotopic (exact) mass is 389 g/mol. The molecule has 1 aromatic heterocycles. The molecule has 0 spiro atoms. The number of halogens is 1. The molecule has 1 atom stereocenters. The van der Waals surface area contributed by atoms with Crippen LogP contribution >= 0.6 is 22.6 Å². The molecule has 0 saturated carbocycles. The Morgan fingerprint density at radius 1 is 1.05 bits per heavy atom. The van der Waals surface area contributed by atoms with E-state index in [1.165, 1.54) is 14.5 Å². The van der Waals surface area contributed by atoms with Gasteiger partial charge in [-0.15, -0.1) is 0 Å². The van der Waals surface area contributed by atoms with Crippen LogP contribution in [0.15, 0.2) is 60.8 Å². The second-order valence-electron chi connectivity index (χ2n) is 4.97. The van der Waals surface area contributed by atoms with Crippen LogP contribution in [0.25, 0.3) is 10.8 Å². The van der Waals surface area contributed by atoms with Crippen molar-refractivity contribution in [2.45, 2.75) is 12.5 Å². The summed E-state index contributed by atoms with van der Waals surface area (Å²) in [7, 11) is 0. The molecule has 0 fully saturated rings. The number of nitrogens with one attached hydrogen (secondary N) is 1. The van der Waals surface area contributed by atoms with Crippen LogP contribution in [0.4, 0.5) is 0 Å². The summed E-state index contributed by atoms with van der Waals surface area (Å²) in [6.45, 7) is 0. The van der Waals surface area contributed by atoms with E-state index in [1.54, 1.807) is 0 Å². The summed E-state index contributed by atoms with van der Waals surface area (Å²) in [5.74, 6) is 5.78. The largest absolute Gasteiger partial charge is 0.271 e. The van der Waals surface area contributed by atoms with Gasteiger partial charge in [0.2, 0.25) is 0 Å². The fourth-order valence-corrected chi connectivity index (χ4v) is 2.87. The van der Waals surface area contributed by atoms with E-state index in [4.69, 9.17) is 5.84 Å². The van der Waals surface area contributed by atoms with Gasteiger partial charge in [0.15, 0.2) is 0 Å². The van der Waals surface area contributed by atoms with E-state index in [0.717, 1.165) is 17.5 Å². The van der Waals surface area contributed by atoms with Crippen LogP contribution < -0.4 is 11.3 Å². The molecule has 3 nitrogen and oxygen atoms in total. The van der Waals surface area contributed by atoms with Crippen LogP contribution in [-0.2, 0) is 6.42 Å². The Morgan fingerprint density at radius 2 is 1.81 bits per heavy atom. The molecule has 3 aromatic rings. The molecule has 4 heteroatoms. The van der Waals surface area contributed by atoms with Crippen molar-refractivity contribution in [3.8, 4) is 0 Å². The van der Waals surface area contributed by atoms with Crippen LogP contribution in [-0.4, -0.2) is 4.98 Å². The van der Waals surface area contributed by atoms with E-state index in [-0.39, 0.29) is 6.04 Å². The van der Waals surface area contributed by atoms with Gasteiger partial charge in [-0.25, -0.2) is 0 Å². The number of benzene rings is 2. The quantitative estimate of drug-likeness (QED) is 0.408. The summed E-state index contributed by atoms with van der Waals surface area (Å²) in [5.41, 5.74) is 5.15. The minimum atomic E-state index is -0.00355. The number of nitrogens with two attached hydrogens (primary N) is 1. The molecule has 0 aliphatic rings. The van der Waals surface area contributed by atoms with Gasteiger partial charge >= 0.3 is 0 Å². The highest BCUT2D eigenvalue weighted by molar-refractivity contribution is 14.1. The molecule has 21 heavy (non-hydrogen) atoms. The standard InChI is InChI=1S/C17H16IN3/c18-14-7-5-12(6-8-14)11-16(21-19)17-15-4-2-1-3-13(15)9-10-20-17/h1-10,16,21H,11,19H2. The number of fused-ring (bicyclic) bond motifs is 1. The molecule has 0 aliphatic carbocycles. The number of hydrogen-bond acceptors (Lipinski definition) is 3. The lowest BCUT2D eigenvalue weighted by molar-refractivity contribution is 0.542. The minimum Gasteiger partial charge on any atom is -0.271 e. The summed E-state index contributed by atoms with van der Waals surface area (Å²) in [5, 5.41) is 2.33. The number of hydrogen-bond donors (Lipinski definition) is 2. The van der Waals surface area contributed by atoms with Crippen molar-refractivity contribution < 1.29 is 0 Å². The highest BCUT2D eigenvalue weighted by atomic mass is 127. The van der Waals surface area contributed by atoms with Crippen LogP contribution in [0.2, 0.25) is 0 Å². The summed E-state index contributed by atoms with van der Waals surface area (Å²) < 4.78 is 1.23. The van der Waals surface area contributed by atoms with Crippen molar-refractivity contribution in [2.24, 2.45) is 5.84 Å². The number of nitrogens with zero attached hydrogens (tertiary/aromatic N) is 1. The van der Waals surface area contributed by atoms with Gasteiger partial charge in [0.05, 0.1) is 11.7 Å². The second kappa shape index (κ2) is 6.51. The van der Waals surface area contributed by atoms with Crippen molar-refractivity contribution in [1.82, 2.24) is 10.4 Å². The zero-order chi connectivity index (χ0) is 14.7. The molecule has 2 aromatic carbocycles. The highest BCUT2D eigenvalue weighted by Gasteiger charge is 2.15. The molecular weight excluding hydrogens is 373 g/mol. The average molecular weight is 389 g/mol. The Hall–Kier alpha value is -1.50. The molecular formula is C17H16IN3. The average Bonchev–Trinajstić information content (AvgIpc) is 2.54. The first kappa shape index (κ1) is 14.4. The van der Waals surface area contributed by atoms with Crippen LogP contribution in [0.5, 0.6) is 0 Å². The Balaban J connectivity index is 1.96. The van der Waals surface area contributed by atoms with Gasteiger partial charge in [0.25, 0.3) is 0 Å². The molecule has 0 amide bonds. The van der Waals surface area contributed by atoms with Gasteiger partial charge < -0.3 is 0 Å². The number of aromatic nitrogens is 1. The van der Waals surface area contributed by atoms with Gasteiger partial charge in [0, 0.05) is 15.2 Å². The van der Waals surface area contributed by atoms with Gasteiger partial charge in [-0.3, -0.25) is 16.3 Å². The van der Waals surface area contributed by atoms with Crippen molar-refractivity contribution in [1.29, 1.82) is 0 Å². The first-order valence-corrected chi connectivity index (χ1v) is 7.90. The first-order chi connectivity index (χ1) is 10.3. The third kappa shape index (κ3) is 3.23. The zero-order valence-corrected chi connectivity index (χ0v) is 13.6. The van der Waals surface area contributed by atoms with Crippen molar-refractivity contribution in [3.05, 3.63) is 75.6 Å². The topological polar surface area (TPSA) is 50.9 Å². The maximum Gasteiger partial charge on any atom is 0.0678 e. The Labute approximate surface area is 137 Å². The van der Waals surface area contributed by atoms with Crippen LogP contribution in [0.3, 0.4) is 0 Å². The summed E-state index contributed by atoms with van der Waals surface area (Å²) in [4.78, 5) is 4.55. The Kier molecular flexibility index (Phi) is 4.48. The highest BCUT2D eigenvalue weighted by Crippen LogP contribution is 2.24. The molecule has 0 aliphatic heterocycles. The van der Waals surface area contributed by atoms with Gasteiger partial charge in [0.1, 0.15) is 0 Å². The third-order valence-electron chi connectivity index (χ3n) is 3.59. The molecule has 3 N–H and O–H groups in total. The second-order valence-corrected chi connectivity index (χ2v) is 6.21. The van der Waals surface area contributed by atoms with Crippen molar-refractivity contribution in [3.63, 3.8) is 0 Å². The lowest BCUT2D eigenvalue weighted by Crippen LogP contribution is -2.30. The molecule has 3 rings (SSSR count). The molecule has 1 unspecified atom stereocenters. The zero-order valence-electron chi connectivity index (χ0n) is 11.5. The summed E-state index contributed by atoms with van der Waals surface area (Å²) in [6, 6.07) is 18.8. The minimum absolute atomic E-state index is 0.00355. The molecule has 0 saturated heterocycles. The number of pyridine rings is 1. The van der Waals surface area contributed by atoms with Gasteiger partial charge in [-0.2, -0.15) is 0 Å².